The summed E-state index contributed by atoms with van der Waals surface area (Å²) >= 11 is 0. The maximum absolute atomic E-state index is 12.3. The van der Waals surface area contributed by atoms with Crippen LogP contribution in [-0.2, 0) is 0 Å². The van der Waals surface area contributed by atoms with Crippen LogP contribution in [0.5, 0.6) is 11.5 Å². The summed E-state index contributed by atoms with van der Waals surface area (Å²) in [6.45, 7) is 6.84. The van der Waals surface area contributed by atoms with Crippen LogP contribution in [0, 0.1) is 0 Å². The fourth-order valence-corrected chi connectivity index (χ4v) is 2.71. The van der Waals surface area contributed by atoms with Crippen molar-refractivity contribution in [2.45, 2.75) is 59.0 Å². The minimum Gasteiger partial charge on any atom is -0.494 e. The molecule has 6 nitrogen and oxygen atoms in total. The SMILES string of the molecule is CCCCCCOc1ccc(C(=O)NNC(=O)c2cccc(OC(C)CC)c2)cc1. The zero-order valence-electron chi connectivity index (χ0n) is 18.1. The molecule has 1 atom stereocenters. The standard InChI is InChI=1S/C24H32N2O4/c1-4-6-7-8-16-29-21-14-12-19(13-15-21)23(27)25-26-24(28)20-10-9-11-22(17-20)30-18(3)5-2/h9-15,17-18H,4-8,16H2,1-3H3,(H,25,27)(H,26,28). The Morgan fingerprint density at radius 1 is 0.867 bits per heavy atom. The summed E-state index contributed by atoms with van der Waals surface area (Å²) in [4.78, 5) is 24.6. The fourth-order valence-electron chi connectivity index (χ4n) is 2.71. The molecule has 2 amide bonds. The molecule has 0 heterocycles. The number of benzene rings is 2. The Kier molecular flexibility index (Phi) is 9.71. The number of hydrogen-bond donors (Lipinski definition) is 2. The molecule has 0 spiro atoms. The van der Waals surface area contributed by atoms with Gasteiger partial charge in [-0.2, -0.15) is 0 Å². The van der Waals surface area contributed by atoms with E-state index < -0.39 is 11.8 Å². The highest BCUT2D eigenvalue weighted by molar-refractivity contribution is 5.99. The summed E-state index contributed by atoms with van der Waals surface area (Å²) in [7, 11) is 0. The van der Waals surface area contributed by atoms with E-state index in [2.05, 4.69) is 17.8 Å². The van der Waals surface area contributed by atoms with E-state index >= 15 is 0 Å². The molecule has 162 valence electrons. The third kappa shape index (κ3) is 7.78. The zero-order chi connectivity index (χ0) is 21.8. The summed E-state index contributed by atoms with van der Waals surface area (Å²) in [5.41, 5.74) is 5.71. The molecule has 0 fully saturated rings. The van der Waals surface area contributed by atoms with E-state index in [4.69, 9.17) is 9.47 Å². The van der Waals surface area contributed by atoms with Crippen molar-refractivity contribution in [2.24, 2.45) is 0 Å². The van der Waals surface area contributed by atoms with Crippen LogP contribution in [0.15, 0.2) is 48.5 Å². The molecular formula is C24H32N2O4. The number of rotatable bonds is 11. The average molecular weight is 413 g/mol. The van der Waals surface area contributed by atoms with Crippen molar-refractivity contribution < 1.29 is 19.1 Å². The van der Waals surface area contributed by atoms with Gasteiger partial charge in [0.15, 0.2) is 0 Å². The third-order valence-electron chi connectivity index (χ3n) is 4.68. The van der Waals surface area contributed by atoms with Gasteiger partial charge in [0.25, 0.3) is 11.8 Å². The van der Waals surface area contributed by atoms with Crippen molar-refractivity contribution in [3.8, 4) is 11.5 Å². The largest absolute Gasteiger partial charge is 0.494 e. The van der Waals surface area contributed by atoms with Crippen LogP contribution < -0.4 is 20.3 Å². The molecular weight excluding hydrogens is 380 g/mol. The maximum Gasteiger partial charge on any atom is 0.269 e. The van der Waals surface area contributed by atoms with Crippen LogP contribution in [0.25, 0.3) is 0 Å². The summed E-state index contributed by atoms with van der Waals surface area (Å²) in [6, 6.07) is 13.7. The number of carbonyl (C=O) groups excluding carboxylic acids is 2. The van der Waals surface area contributed by atoms with Gasteiger partial charge in [0.1, 0.15) is 11.5 Å². The Morgan fingerprint density at radius 2 is 1.57 bits per heavy atom. The van der Waals surface area contributed by atoms with Gasteiger partial charge in [-0.25, -0.2) is 0 Å². The fraction of sp³-hybridized carbons (Fsp3) is 0.417. The normalized spacial score (nSPS) is 11.4. The lowest BCUT2D eigenvalue weighted by Gasteiger charge is -2.13. The van der Waals surface area contributed by atoms with Gasteiger partial charge in [-0.3, -0.25) is 20.4 Å². The van der Waals surface area contributed by atoms with Gasteiger partial charge in [-0.1, -0.05) is 39.2 Å². The summed E-state index contributed by atoms with van der Waals surface area (Å²) in [6.07, 6.45) is 5.51. The predicted octanol–water partition coefficient (Wildman–Crippen LogP) is 4.90. The van der Waals surface area contributed by atoms with Crippen molar-refractivity contribution in [3.63, 3.8) is 0 Å². The second kappa shape index (κ2) is 12.5. The number of unbranched alkanes of at least 4 members (excludes halogenated alkanes) is 3. The molecule has 0 aliphatic heterocycles. The lowest BCUT2D eigenvalue weighted by Crippen LogP contribution is -2.41. The number of ether oxygens (including phenoxy) is 2. The molecule has 0 radical (unpaired) electrons. The van der Waals surface area contributed by atoms with Crippen LogP contribution in [0.2, 0.25) is 0 Å². The van der Waals surface area contributed by atoms with Crippen molar-refractivity contribution in [3.05, 3.63) is 59.7 Å². The van der Waals surface area contributed by atoms with Crippen LogP contribution in [0.4, 0.5) is 0 Å². The molecule has 2 aromatic rings. The minimum absolute atomic E-state index is 0.0614. The molecule has 0 aliphatic rings. The molecule has 2 N–H and O–H groups in total. The average Bonchev–Trinajstić information content (AvgIpc) is 2.77. The molecule has 6 heteroatoms. The quantitative estimate of drug-likeness (QED) is 0.407. The monoisotopic (exact) mass is 412 g/mol. The Bertz CT molecular complexity index is 805. The molecule has 0 saturated heterocycles. The molecule has 1 unspecified atom stereocenters. The van der Waals surface area contributed by atoms with E-state index in [1.807, 2.05) is 13.8 Å². The van der Waals surface area contributed by atoms with Gasteiger partial charge < -0.3 is 9.47 Å². The highest BCUT2D eigenvalue weighted by Gasteiger charge is 2.11. The second-order valence-electron chi connectivity index (χ2n) is 7.21. The predicted molar refractivity (Wildman–Crippen MR) is 118 cm³/mol. The summed E-state index contributed by atoms with van der Waals surface area (Å²) in [5.74, 6) is 0.536. The highest BCUT2D eigenvalue weighted by atomic mass is 16.5. The maximum atomic E-state index is 12.3. The van der Waals surface area contributed by atoms with Gasteiger partial charge in [0.2, 0.25) is 0 Å². The number of hydrogen-bond acceptors (Lipinski definition) is 4. The zero-order valence-corrected chi connectivity index (χ0v) is 18.1. The van der Waals surface area contributed by atoms with Gasteiger partial charge in [-0.15, -0.1) is 0 Å². The molecule has 0 bridgehead atoms. The van der Waals surface area contributed by atoms with E-state index in [1.54, 1.807) is 48.5 Å². The van der Waals surface area contributed by atoms with Gasteiger partial charge in [0.05, 0.1) is 12.7 Å². The minimum atomic E-state index is -0.412. The first kappa shape index (κ1) is 23.3. The van der Waals surface area contributed by atoms with E-state index in [0.717, 1.165) is 25.0 Å². The van der Waals surface area contributed by atoms with Crippen LogP contribution in [-0.4, -0.2) is 24.5 Å². The van der Waals surface area contributed by atoms with Gasteiger partial charge in [-0.05, 0) is 62.2 Å². The van der Waals surface area contributed by atoms with E-state index in [0.29, 0.717) is 23.5 Å². The molecule has 0 aromatic heterocycles. The van der Waals surface area contributed by atoms with Gasteiger partial charge >= 0.3 is 0 Å². The molecule has 0 aliphatic carbocycles. The van der Waals surface area contributed by atoms with Crippen molar-refractivity contribution in [2.75, 3.05) is 6.61 Å². The second-order valence-corrected chi connectivity index (χ2v) is 7.21. The Hall–Kier alpha value is -3.02. The third-order valence-corrected chi connectivity index (χ3v) is 4.68. The van der Waals surface area contributed by atoms with Crippen molar-refractivity contribution >= 4 is 11.8 Å². The molecule has 30 heavy (non-hydrogen) atoms. The van der Waals surface area contributed by atoms with Crippen molar-refractivity contribution in [1.29, 1.82) is 0 Å². The summed E-state index contributed by atoms with van der Waals surface area (Å²) in [5, 5.41) is 0. The first-order valence-electron chi connectivity index (χ1n) is 10.6. The van der Waals surface area contributed by atoms with Crippen LogP contribution in [0.1, 0.15) is 73.6 Å². The number of carbonyl (C=O) groups is 2. The lowest BCUT2D eigenvalue weighted by atomic mass is 10.2. The van der Waals surface area contributed by atoms with E-state index in [-0.39, 0.29) is 6.10 Å². The Balaban J connectivity index is 1.82. The number of amides is 2. The highest BCUT2D eigenvalue weighted by Crippen LogP contribution is 2.16. The van der Waals surface area contributed by atoms with Gasteiger partial charge in [0, 0.05) is 11.1 Å². The topological polar surface area (TPSA) is 76.7 Å². The molecule has 2 aromatic carbocycles. The van der Waals surface area contributed by atoms with Crippen LogP contribution >= 0.6 is 0 Å². The summed E-state index contributed by atoms with van der Waals surface area (Å²) < 4.78 is 11.4. The Labute approximate surface area is 178 Å². The number of hydrazine groups is 1. The Morgan fingerprint density at radius 3 is 2.23 bits per heavy atom. The van der Waals surface area contributed by atoms with Crippen LogP contribution in [0.3, 0.4) is 0 Å². The smallest absolute Gasteiger partial charge is 0.269 e. The van der Waals surface area contributed by atoms with E-state index in [1.165, 1.54) is 12.8 Å². The first-order chi connectivity index (χ1) is 14.5. The molecule has 2 rings (SSSR count). The number of nitrogens with one attached hydrogen (secondary N) is 2. The van der Waals surface area contributed by atoms with E-state index in [9.17, 15) is 9.59 Å². The lowest BCUT2D eigenvalue weighted by molar-refractivity contribution is 0.0846. The first-order valence-corrected chi connectivity index (χ1v) is 10.6. The van der Waals surface area contributed by atoms with Crippen molar-refractivity contribution in [1.82, 2.24) is 10.9 Å². The molecule has 0 saturated carbocycles.